The average Bonchev–Trinajstić information content (AvgIpc) is 2.61. The first-order valence-corrected chi connectivity index (χ1v) is 8.58. The van der Waals surface area contributed by atoms with E-state index >= 15 is 0 Å². The largest absolute Gasteiger partial charge is 0.509 e. The van der Waals surface area contributed by atoms with Gasteiger partial charge in [-0.1, -0.05) is 11.6 Å². The molecule has 0 heterocycles. The van der Waals surface area contributed by atoms with Gasteiger partial charge in [0.25, 0.3) is 0 Å². The molecule has 0 saturated carbocycles. The van der Waals surface area contributed by atoms with Gasteiger partial charge in [-0.15, -0.1) is 0 Å². The zero-order chi connectivity index (χ0) is 18.4. The maximum absolute atomic E-state index is 10.8. The van der Waals surface area contributed by atoms with E-state index in [0.29, 0.717) is 66.1 Å². The van der Waals surface area contributed by atoms with E-state index in [0.717, 1.165) is 0 Å². The normalized spacial score (nSPS) is 10.8. The lowest BCUT2D eigenvalue weighted by Crippen LogP contribution is -2.15. The first-order valence-electron chi connectivity index (χ1n) is 8.04. The quantitative estimate of drug-likeness (QED) is 0.183. The minimum atomic E-state index is -0.811. The second kappa shape index (κ2) is 21.4. The number of rotatable bonds is 19. The van der Waals surface area contributed by atoms with Crippen molar-refractivity contribution in [1.82, 2.24) is 0 Å². The summed E-state index contributed by atoms with van der Waals surface area (Å²) in [5.74, 6) is 0. The summed E-state index contributed by atoms with van der Waals surface area (Å²) in [5, 5.41) is 0. The van der Waals surface area contributed by atoms with Crippen LogP contribution in [-0.4, -0.2) is 98.6 Å². The van der Waals surface area contributed by atoms with Gasteiger partial charge in [0.1, 0.15) is 6.61 Å². The standard InChI is InChI=1S/C15H29ClO9/c1-18-2-3-19-4-5-20-6-7-21-8-9-22-10-11-23-12-13-24-15(17)25-14-16/h2-14H2,1H3. The fraction of sp³-hybridized carbons (Fsp3) is 0.933. The van der Waals surface area contributed by atoms with E-state index in [1.807, 2.05) is 0 Å². The van der Waals surface area contributed by atoms with Gasteiger partial charge < -0.3 is 37.9 Å². The van der Waals surface area contributed by atoms with E-state index in [2.05, 4.69) is 9.47 Å². The van der Waals surface area contributed by atoms with Gasteiger partial charge >= 0.3 is 6.16 Å². The molecular formula is C15H29ClO9. The second-order valence-corrected chi connectivity index (χ2v) is 4.62. The SMILES string of the molecule is COCCOCCOCCOCCOCCOCCOC(=O)OCCl. The van der Waals surface area contributed by atoms with Crippen molar-refractivity contribution in [2.24, 2.45) is 0 Å². The second-order valence-electron chi connectivity index (χ2n) is 4.41. The number of alkyl halides is 1. The van der Waals surface area contributed by atoms with E-state index in [-0.39, 0.29) is 19.3 Å². The molecule has 0 aromatic carbocycles. The lowest BCUT2D eigenvalue weighted by molar-refractivity contribution is -0.0184. The highest BCUT2D eigenvalue weighted by Gasteiger charge is 2.01. The van der Waals surface area contributed by atoms with Crippen LogP contribution >= 0.6 is 11.6 Å². The minimum Gasteiger partial charge on any atom is -0.432 e. The Morgan fingerprint density at radius 3 is 1.32 bits per heavy atom. The minimum absolute atomic E-state index is 0.107. The van der Waals surface area contributed by atoms with Gasteiger partial charge in [-0.25, -0.2) is 4.79 Å². The molecule has 0 aliphatic rings. The third kappa shape index (κ3) is 21.3. The van der Waals surface area contributed by atoms with Crippen molar-refractivity contribution in [2.75, 3.05) is 92.5 Å². The summed E-state index contributed by atoms with van der Waals surface area (Å²) in [6.07, 6.45) is -0.811. The Morgan fingerprint density at radius 1 is 0.600 bits per heavy atom. The van der Waals surface area contributed by atoms with E-state index < -0.39 is 6.16 Å². The zero-order valence-corrected chi connectivity index (χ0v) is 15.5. The molecule has 0 spiro atoms. The lowest BCUT2D eigenvalue weighted by Gasteiger charge is -2.08. The highest BCUT2D eigenvalue weighted by molar-refractivity contribution is 6.17. The van der Waals surface area contributed by atoms with Crippen LogP contribution in [0.2, 0.25) is 0 Å². The van der Waals surface area contributed by atoms with E-state index in [1.54, 1.807) is 7.11 Å². The summed E-state index contributed by atoms with van der Waals surface area (Å²) >= 11 is 5.19. The molecule has 150 valence electrons. The summed E-state index contributed by atoms with van der Waals surface area (Å²) in [6.45, 7) is 5.44. The molecule has 0 saturated heterocycles. The van der Waals surface area contributed by atoms with Crippen molar-refractivity contribution in [3.63, 3.8) is 0 Å². The van der Waals surface area contributed by atoms with Crippen LogP contribution in [-0.2, 0) is 37.9 Å². The van der Waals surface area contributed by atoms with Crippen molar-refractivity contribution < 1.29 is 42.7 Å². The fourth-order valence-electron chi connectivity index (χ4n) is 1.39. The van der Waals surface area contributed by atoms with Crippen molar-refractivity contribution in [2.45, 2.75) is 0 Å². The van der Waals surface area contributed by atoms with Crippen LogP contribution in [0, 0.1) is 0 Å². The molecule has 0 aromatic rings. The Hall–Kier alpha value is -0.680. The summed E-state index contributed by atoms with van der Waals surface area (Å²) < 4.78 is 40.3. The molecule has 0 aliphatic heterocycles. The molecule has 0 unspecified atom stereocenters. The Morgan fingerprint density at radius 2 is 0.960 bits per heavy atom. The highest BCUT2D eigenvalue weighted by atomic mass is 35.5. The molecule has 0 atom stereocenters. The van der Waals surface area contributed by atoms with Crippen LogP contribution in [0.25, 0.3) is 0 Å². The van der Waals surface area contributed by atoms with E-state index in [4.69, 9.17) is 40.0 Å². The molecule has 10 heteroatoms. The average molecular weight is 389 g/mol. The molecule has 0 N–H and O–H groups in total. The topological polar surface area (TPSA) is 90.9 Å². The predicted molar refractivity (Wildman–Crippen MR) is 89.1 cm³/mol. The van der Waals surface area contributed by atoms with Crippen molar-refractivity contribution in [3.8, 4) is 0 Å². The van der Waals surface area contributed by atoms with Gasteiger partial charge in [0.15, 0.2) is 6.07 Å². The summed E-state index contributed by atoms with van der Waals surface area (Å²) in [7, 11) is 1.63. The number of ether oxygens (including phenoxy) is 8. The molecule has 9 nitrogen and oxygen atoms in total. The smallest absolute Gasteiger partial charge is 0.432 e. The first-order chi connectivity index (χ1) is 12.3. The van der Waals surface area contributed by atoms with Gasteiger partial charge in [0.05, 0.1) is 72.7 Å². The Kier molecular flexibility index (Phi) is 20.8. The number of carbonyl (C=O) groups excluding carboxylic acids is 1. The van der Waals surface area contributed by atoms with E-state index in [1.165, 1.54) is 0 Å². The van der Waals surface area contributed by atoms with Crippen LogP contribution in [0.4, 0.5) is 4.79 Å². The van der Waals surface area contributed by atoms with Crippen LogP contribution in [0.15, 0.2) is 0 Å². The van der Waals surface area contributed by atoms with Gasteiger partial charge in [0, 0.05) is 7.11 Å². The molecule has 0 aromatic heterocycles. The zero-order valence-electron chi connectivity index (χ0n) is 14.7. The third-order valence-electron chi connectivity index (χ3n) is 2.54. The summed E-state index contributed by atoms with van der Waals surface area (Å²) in [6, 6.07) is -0.231. The van der Waals surface area contributed by atoms with Crippen LogP contribution in [0.1, 0.15) is 0 Å². The van der Waals surface area contributed by atoms with Crippen LogP contribution in [0.5, 0.6) is 0 Å². The molecule has 0 amide bonds. The Bertz CT molecular complexity index is 282. The number of hydrogen-bond donors (Lipinski definition) is 0. The number of methoxy groups -OCH3 is 1. The highest BCUT2D eigenvalue weighted by Crippen LogP contribution is 1.88. The van der Waals surface area contributed by atoms with Gasteiger partial charge in [-0.2, -0.15) is 0 Å². The number of halogens is 1. The molecule has 25 heavy (non-hydrogen) atoms. The molecule has 0 bridgehead atoms. The molecular weight excluding hydrogens is 360 g/mol. The van der Waals surface area contributed by atoms with E-state index in [9.17, 15) is 4.79 Å². The third-order valence-corrected chi connectivity index (χ3v) is 2.65. The van der Waals surface area contributed by atoms with Crippen LogP contribution in [0.3, 0.4) is 0 Å². The molecule has 0 fully saturated rings. The van der Waals surface area contributed by atoms with Gasteiger partial charge in [-0.05, 0) is 0 Å². The number of carbonyl (C=O) groups is 1. The monoisotopic (exact) mass is 388 g/mol. The maximum Gasteiger partial charge on any atom is 0.509 e. The fourth-order valence-corrected chi connectivity index (χ4v) is 1.48. The predicted octanol–water partition coefficient (Wildman–Crippen LogP) is 1.07. The van der Waals surface area contributed by atoms with Crippen LogP contribution < -0.4 is 0 Å². The van der Waals surface area contributed by atoms with Gasteiger partial charge in [-0.3, -0.25) is 0 Å². The maximum atomic E-state index is 10.8. The lowest BCUT2D eigenvalue weighted by atomic mass is 10.7. The molecule has 0 rings (SSSR count). The molecule has 0 radical (unpaired) electrons. The molecule has 0 aliphatic carbocycles. The summed E-state index contributed by atoms with van der Waals surface area (Å²) in [4.78, 5) is 10.8. The Balaban J connectivity index is 3.02. The summed E-state index contributed by atoms with van der Waals surface area (Å²) in [5.41, 5.74) is 0. The van der Waals surface area contributed by atoms with Crippen molar-refractivity contribution in [1.29, 1.82) is 0 Å². The Labute approximate surface area is 153 Å². The first kappa shape index (κ1) is 24.3. The van der Waals surface area contributed by atoms with Crippen molar-refractivity contribution in [3.05, 3.63) is 0 Å². The van der Waals surface area contributed by atoms with Gasteiger partial charge in [0.2, 0.25) is 0 Å². The number of hydrogen-bond acceptors (Lipinski definition) is 9. The van der Waals surface area contributed by atoms with Crippen molar-refractivity contribution >= 4 is 17.8 Å².